The van der Waals surface area contributed by atoms with Crippen molar-refractivity contribution in [3.05, 3.63) is 24.3 Å². The molecule has 0 bridgehead atoms. The van der Waals surface area contributed by atoms with Crippen LogP contribution in [0.5, 0.6) is 0 Å². The molecule has 3 amide bonds. The van der Waals surface area contributed by atoms with Gasteiger partial charge in [0.15, 0.2) is 0 Å². The zero-order chi connectivity index (χ0) is 22.8. The van der Waals surface area contributed by atoms with Gasteiger partial charge in [-0.2, -0.15) is 0 Å². The number of ether oxygens (including phenoxy) is 1. The van der Waals surface area contributed by atoms with Crippen LogP contribution in [0.25, 0.3) is 0 Å². The highest BCUT2D eigenvalue weighted by Gasteiger charge is 2.52. The van der Waals surface area contributed by atoms with E-state index in [0.29, 0.717) is 64.5 Å². The number of nitrogens with zero attached hydrogens (tertiary/aromatic N) is 4. The number of para-hydroxylation sites is 2. The summed E-state index contributed by atoms with van der Waals surface area (Å²) in [6, 6.07) is 7.57. The lowest BCUT2D eigenvalue weighted by Crippen LogP contribution is -2.63. The number of hydrogen-bond donors (Lipinski definition) is 1. The van der Waals surface area contributed by atoms with Crippen molar-refractivity contribution in [3.8, 4) is 0 Å². The van der Waals surface area contributed by atoms with E-state index in [-0.39, 0.29) is 24.3 Å². The van der Waals surface area contributed by atoms with Gasteiger partial charge >= 0.3 is 0 Å². The van der Waals surface area contributed by atoms with Crippen LogP contribution in [0.3, 0.4) is 0 Å². The Labute approximate surface area is 194 Å². The third kappa shape index (κ3) is 4.37. The van der Waals surface area contributed by atoms with E-state index in [4.69, 9.17) is 4.74 Å². The number of carbonyl (C=O) groups is 3. The number of piperazine rings is 1. The number of rotatable bonds is 4. The van der Waals surface area contributed by atoms with E-state index < -0.39 is 5.54 Å². The molecule has 33 heavy (non-hydrogen) atoms. The van der Waals surface area contributed by atoms with Gasteiger partial charge in [0.05, 0.1) is 37.7 Å². The van der Waals surface area contributed by atoms with Crippen LogP contribution in [0.15, 0.2) is 24.3 Å². The minimum Gasteiger partial charge on any atom is -0.379 e. The van der Waals surface area contributed by atoms with Crippen molar-refractivity contribution in [1.29, 1.82) is 0 Å². The molecule has 1 saturated carbocycles. The third-order valence-corrected chi connectivity index (χ3v) is 7.47. The standard InChI is InChI=1S/C24H33N5O4/c30-21(17-27-13-15-33-16-14-27)28-11-9-26(10-12-28)18-22(31)29-20-6-2-1-5-19(20)25-23(32)24(29)7-3-4-8-24/h1-2,5-6H,3-4,7-18H2,(H,25,32). The quantitative estimate of drug-likeness (QED) is 0.722. The maximum absolute atomic E-state index is 13.6. The summed E-state index contributed by atoms with van der Waals surface area (Å²) in [4.78, 5) is 47.3. The predicted octanol–water partition coefficient (Wildman–Crippen LogP) is 0.761. The van der Waals surface area contributed by atoms with Crippen LogP contribution < -0.4 is 10.2 Å². The number of morpholine rings is 1. The van der Waals surface area contributed by atoms with Crippen LogP contribution in [0.1, 0.15) is 25.7 Å². The monoisotopic (exact) mass is 455 g/mol. The molecule has 1 aromatic rings. The number of fused-ring (bicyclic) bond motifs is 1. The van der Waals surface area contributed by atoms with Crippen molar-refractivity contribution in [1.82, 2.24) is 14.7 Å². The summed E-state index contributed by atoms with van der Waals surface area (Å²) in [5.74, 6) is 0.0484. The zero-order valence-corrected chi connectivity index (χ0v) is 19.1. The van der Waals surface area contributed by atoms with E-state index in [1.807, 2.05) is 29.2 Å². The molecule has 1 N–H and O–H groups in total. The van der Waals surface area contributed by atoms with Crippen molar-refractivity contribution < 1.29 is 19.1 Å². The summed E-state index contributed by atoms with van der Waals surface area (Å²) in [6.07, 6.45) is 3.29. The SMILES string of the molecule is O=C(CN1CCOCC1)N1CCN(CC(=O)N2c3ccccc3NC(=O)C23CCCC3)CC1. The molecule has 178 valence electrons. The molecule has 3 aliphatic heterocycles. The second kappa shape index (κ2) is 9.40. The van der Waals surface area contributed by atoms with Crippen molar-refractivity contribution in [3.63, 3.8) is 0 Å². The molecule has 3 fully saturated rings. The van der Waals surface area contributed by atoms with E-state index in [9.17, 15) is 14.4 Å². The van der Waals surface area contributed by atoms with Gasteiger partial charge in [-0.05, 0) is 25.0 Å². The van der Waals surface area contributed by atoms with Crippen LogP contribution in [-0.4, -0.2) is 104 Å². The summed E-state index contributed by atoms with van der Waals surface area (Å²) in [5.41, 5.74) is 0.719. The number of amides is 3. The van der Waals surface area contributed by atoms with Gasteiger partial charge in [-0.3, -0.25) is 29.1 Å². The van der Waals surface area contributed by atoms with Crippen molar-refractivity contribution in [2.45, 2.75) is 31.2 Å². The van der Waals surface area contributed by atoms with Gasteiger partial charge in [-0.15, -0.1) is 0 Å². The fourth-order valence-corrected chi connectivity index (χ4v) is 5.60. The Hall–Kier alpha value is -2.49. The first-order valence-electron chi connectivity index (χ1n) is 12.1. The number of nitrogens with one attached hydrogen (secondary N) is 1. The number of hydrogen-bond acceptors (Lipinski definition) is 6. The van der Waals surface area contributed by atoms with E-state index in [1.165, 1.54) is 0 Å². The van der Waals surface area contributed by atoms with E-state index >= 15 is 0 Å². The molecular weight excluding hydrogens is 422 g/mol. The predicted molar refractivity (Wildman–Crippen MR) is 124 cm³/mol. The normalized spacial score (nSPS) is 23.5. The van der Waals surface area contributed by atoms with Crippen molar-refractivity contribution in [2.75, 3.05) is 75.8 Å². The highest BCUT2D eigenvalue weighted by molar-refractivity contribution is 6.15. The van der Waals surface area contributed by atoms with Crippen LogP contribution >= 0.6 is 0 Å². The van der Waals surface area contributed by atoms with Crippen LogP contribution in [-0.2, 0) is 19.1 Å². The fourth-order valence-electron chi connectivity index (χ4n) is 5.60. The van der Waals surface area contributed by atoms with E-state index in [2.05, 4.69) is 15.1 Å². The largest absolute Gasteiger partial charge is 0.379 e. The van der Waals surface area contributed by atoms with Gasteiger partial charge in [0.25, 0.3) is 5.91 Å². The Kier molecular flexibility index (Phi) is 6.36. The molecule has 3 heterocycles. The molecule has 9 nitrogen and oxygen atoms in total. The summed E-state index contributed by atoms with van der Waals surface area (Å²) in [6.45, 7) is 6.23. The topological polar surface area (TPSA) is 85.4 Å². The van der Waals surface area contributed by atoms with E-state index in [0.717, 1.165) is 31.6 Å². The molecule has 1 aromatic carbocycles. The number of benzene rings is 1. The lowest BCUT2D eigenvalue weighted by atomic mass is 9.89. The molecule has 0 unspecified atom stereocenters. The highest BCUT2D eigenvalue weighted by Crippen LogP contribution is 2.45. The van der Waals surface area contributed by atoms with Crippen LogP contribution in [0.2, 0.25) is 0 Å². The summed E-state index contributed by atoms with van der Waals surface area (Å²) < 4.78 is 5.36. The first-order chi connectivity index (χ1) is 16.1. The smallest absolute Gasteiger partial charge is 0.250 e. The fraction of sp³-hybridized carbons (Fsp3) is 0.625. The Morgan fingerprint density at radius 3 is 2.24 bits per heavy atom. The van der Waals surface area contributed by atoms with Crippen LogP contribution in [0, 0.1) is 0 Å². The first-order valence-corrected chi connectivity index (χ1v) is 12.1. The van der Waals surface area contributed by atoms with Crippen molar-refractivity contribution in [2.24, 2.45) is 0 Å². The molecule has 1 aliphatic carbocycles. The van der Waals surface area contributed by atoms with Gasteiger partial charge in [0.2, 0.25) is 11.8 Å². The maximum Gasteiger partial charge on any atom is 0.250 e. The van der Waals surface area contributed by atoms with Gasteiger partial charge in [0.1, 0.15) is 5.54 Å². The summed E-state index contributed by atoms with van der Waals surface area (Å²) in [5, 5.41) is 3.03. The van der Waals surface area contributed by atoms with E-state index in [1.54, 1.807) is 4.90 Å². The molecule has 0 radical (unpaired) electrons. The highest BCUT2D eigenvalue weighted by atomic mass is 16.5. The average molecular weight is 456 g/mol. The molecule has 0 atom stereocenters. The lowest BCUT2D eigenvalue weighted by molar-refractivity contribution is -0.135. The molecule has 5 rings (SSSR count). The average Bonchev–Trinajstić information content (AvgIpc) is 3.31. The van der Waals surface area contributed by atoms with Crippen LogP contribution in [0.4, 0.5) is 11.4 Å². The van der Waals surface area contributed by atoms with Gasteiger partial charge in [-0.25, -0.2) is 0 Å². The molecule has 9 heteroatoms. The van der Waals surface area contributed by atoms with Gasteiger partial charge in [-0.1, -0.05) is 25.0 Å². The second-order valence-electron chi connectivity index (χ2n) is 9.48. The first kappa shape index (κ1) is 22.3. The lowest BCUT2D eigenvalue weighted by Gasteiger charge is -2.45. The zero-order valence-electron chi connectivity index (χ0n) is 19.1. The molecular formula is C24H33N5O4. The molecule has 4 aliphatic rings. The Morgan fingerprint density at radius 2 is 1.52 bits per heavy atom. The van der Waals surface area contributed by atoms with Crippen molar-refractivity contribution >= 4 is 29.1 Å². The molecule has 0 aromatic heterocycles. The van der Waals surface area contributed by atoms with Gasteiger partial charge < -0.3 is 15.0 Å². The Morgan fingerprint density at radius 1 is 0.879 bits per heavy atom. The maximum atomic E-state index is 13.6. The number of carbonyl (C=O) groups excluding carboxylic acids is 3. The minimum absolute atomic E-state index is 0.0349. The number of anilines is 2. The van der Waals surface area contributed by atoms with Gasteiger partial charge in [0, 0.05) is 39.3 Å². The molecule has 2 saturated heterocycles. The summed E-state index contributed by atoms with van der Waals surface area (Å²) >= 11 is 0. The summed E-state index contributed by atoms with van der Waals surface area (Å²) in [7, 11) is 0. The minimum atomic E-state index is -0.776. The second-order valence-corrected chi connectivity index (χ2v) is 9.48. The molecule has 1 spiro atoms. The Balaban J connectivity index is 1.22. The Bertz CT molecular complexity index is 902. The third-order valence-electron chi connectivity index (χ3n) is 7.47.